The predicted molar refractivity (Wildman–Crippen MR) is 69.5 cm³/mol. The lowest BCUT2D eigenvalue weighted by atomic mass is 9.88. The highest BCUT2D eigenvalue weighted by molar-refractivity contribution is 5.54. The summed E-state index contributed by atoms with van der Waals surface area (Å²) in [5.41, 5.74) is 0.166. The lowest BCUT2D eigenvalue weighted by molar-refractivity contribution is 0.351. The van der Waals surface area contributed by atoms with Crippen LogP contribution in [-0.2, 0) is 10.3 Å². The molecule has 1 aliphatic rings. The monoisotopic (exact) mass is 263 g/mol. The van der Waals surface area contributed by atoms with E-state index < -0.39 is 5.54 Å². The van der Waals surface area contributed by atoms with Crippen molar-refractivity contribution >= 4 is 6.08 Å². The Morgan fingerprint density at radius 3 is 2.37 bits per heavy atom. The number of nitrogens with zero attached hydrogens (tertiary/aromatic N) is 1. The van der Waals surface area contributed by atoms with Crippen LogP contribution < -0.4 is 9.47 Å². The van der Waals surface area contributed by atoms with Crippen LogP contribution in [-0.4, -0.2) is 25.4 Å². The maximum atomic E-state index is 10.7. The maximum Gasteiger partial charge on any atom is 0.235 e. The van der Waals surface area contributed by atoms with E-state index in [1.165, 1.54) is 20.3 Å². The molecule has 0 spiro atoms. The van der Waals surface area contributed by atoms with Gasteiger partial charge in [0.15, 0.2) is 11.5 Å². The summed E-state index contributed by atoms with van der Waals surface area (Å²) in [7, 11) is 3.01. The first-order chi connectivity index (χ1) is 9.16. The fourth-order valence-electron chi connectivity index (χ4n) is 2.73. The summed E-state index contributed by atoms with van der Waals surface area (Å²) in [6.07, 6.45) is 5.20. The number of isocyanates is 1. The number of phenolic OH excluding ortho intramolecular Hbond substituents is 1. The maximum absolute atomic E-state index is 10.7. The summed E-state index contributed by atoms with van der Waals surface area (Å²) < 4.78 is 10.4. The first-order valence-corrected chi connectivity index (χ1v) is 6.21. The predicted octanol–water partition coefficient (Wildman–Crippen LogP) is 2.51. The second-order valence-electron chi connectivity index (χ2n) is 4.67. The highest BCUT2D eigenvalue weighted by Crippen LogP contribution is 2.48. The van der Waals surface area contributed by atoms with Crippen LogP contribution in [0.5, 0.6) is 17.2 Å². The number of methoxy groups -OCH3 is 2. The molecule has 1 fully saturated rings. The summed E-state index contributed by atoms with van der Waals surface area (Å²) in [5, 5.41) is 9.79. The molecule has 5 heteroatoms. The van der Waals surface area contributed by atoms with E-state index >= 15 is 0 Å². The van der Waals surface area contributed by atoms with Crippen molar-refractivity contribution in [2.24, 2.45) is 4.99 Å². The molecular formula is C14H17NO4. The Labute approximate surface area is 111 Å². The minimum atomic E-state index is -0.603. The van der Waals surface area contributed by atoms with E-state index in [-0.39, 0.29) is 5.75 Å². The van der Waals surface area contributed by atoms with E-state index in [4.69, 9.17) is 9.47 Å². The number of benzene rings is 1. The third-order valence-corrected chi connectivity index (χ3v) is 3.69. The number of hydrogen-bond donors (Lipinski definition) is 1. The molecule has 0 heterocycles. The Bertz CT molecular complexity index is 514. The molecule has 1 aliphatic carbocycles. The van der Waals surface area contributed by atoms with Gasteiger partial charge >= 0.3 is 0 Å². The largest absolute Gasteiger partial charge is 0.504 e. The van der Waals surface area contributed by atoms with E-state index in [0.717, 1.165) is 31.2 Å². The Morgan fingerprint density at radius 2 is 1.84 bits per heavy atom. The highest BCUT2D eigenvalue weighted by atomic mass is 16.5. The molecule has 1 aromatic carbocycles. The summed E-state index contributed by atoms with van der Waals surface area (Å²) in [4.78, 5) is 14.8. The van der Waals surface area contributed by atoms with Crippen molar-refractivity contribution in [3.8, 4) is 17.2 Å². The zero-order chi connectivity index (χ0) is 13.9. The summed E-state index contributed by atoms with van der Waals surface area (Å²) in [6.45, 7) is 0. The topological polar surface area (TPSA) is 68.1 Å². The number of aliphatic imine (C=N–C) groups is 1. The second kappa shape index (κ2) is 5.33. The van der Waals surface area contributed by atoms with Crippen molar-refractivity contribution in [1.82, 2.24) is 0 Å². The SMILES string of the molecule is COc1cc(C2(N=C=O)CCCC2)c(OC)cc1O. The number of phenols is 1. The number of carbonyl (C=O) groups excluding carboxylic acids is 1. The molecule has 1 saturated carbocycles. The minimum absolute atomic E-state index is 0.00586. The van der Waals surface area contributed by atoms with Crippen molar-refractivity contribution in [1.29, 1.82) is 0 Å². The van der Waals surface area contributed by atoms with Crippen LogP contribution in [0.15, 0.2) is 17.1 Å². The smallest absolute Gasteiger partial charge is 0.235 e. The number of aromatic hydroxyl groups is 1. The molecule has 0 unspecified atom stereocenters. The van der Waals surface area contributed by atoms with E-state index in [1.54, 1.807) is 12.1 Å². The van der Waals surface area contributed by atoms with Gasteiger partial charge in [-0.1, -0.05) is 12.8 Å². The van der Waals surface area contributed by atoms with Gasteiger partial charge in [-0.05, 0) is 18.9 Å². The lowest BCUT2D eigenvalue weighted by Gasteiger charge is -2.25. The molecule has 102 valence electrons. The number of ether oxygens (including phenoxy) is 2. The van der Waals surface area contributed by atoms with E-state index in [0.29, 0.717) is 11.5 Å². The number of hydrogen-bond acceptors (Lipinski definition) is 5. The number of rotatable bonds is 4. The molecular weight excluding hydrogens is 246 g/mol. The third-order valence-electron chi connectivity index (χ3n) is 3.69. The van der Waals surface area contributed by atoms with Gasteiger partial charge in [-0.25, -0.2) is 4.79 Å². The van der Waals surface area contributed by atoms with E-state index in [9.17, 15) is 9.90 Å². The van der Waals surface area contributed by atoms with Crippen LogP contribution in [0.1, 0.15) is 31.2 Å². The van der Waals surface area contributed by atoms with Gasteiger partial charge in [0.2, 0.25) is 6.08 Å². The molecule has 0 aliphatic heterocycles. The van der Waals surface area contributed by atoms with Crippen molar-refractivity contribution in [3.05, 3.63) is 17.7 Å². The molecule has 0 bridgehead atoms. The van der Waals surface area contributed by atoms with Gasteiger partial charge in [0.25, 0.3) is 0 Å². The molecule has 0 saturated heterocycles. The molecule has 1 N–H and O–H groups in total. The van der Waals surface area contributed by atoms with Gasteiger partial charge in [0, 0.05) is 11.6 Å². The van der Waals surface area contributed by atoms with E-state index in [1.807, 2.05) is 0 Å². The van der Waals surface area contributed by atoms with Crippen molar-refractivity contribution in [2.75, 3.05) is 14.2 Å². The van der Waals surface area contributed by atoms with Crippen LogP contribution in [0.25, 0.3) is 0 Å². The Kier molecular flexibility index (Phi) is 3.76. The Morgan fingerprint density at radius 1 is 1.21 bits per heavy atom. The summed E-state index contributed by atoms with van der Waals surface area (Å²) in [6, 6.07) is 3.19. The van der Waals surface area contributed by atoms with Gasteiger partial charge < -0.3 is 14.6 Å². The Hall–Kier alpha value is -2.00. The summed E-state index contributed by atoms with van der Waals surface area (Å²) >= 11 is 0. The second-order valence-corrected chi connectivity index (χ2v) is 4.67. The zero-order valence-electron chi connectivity index (χ0n) is 11.1. The minimum Gasteiger partial charge on any atom is -0.504 e. The zero-order valence-corrected chi connectivity index (χ0v) is 11.1. The molecule has 1 aromatic rings. The van der Waals surface area contributed by atoms with Crippen LogP contribution in [0.4, 0.5) is 0 Å². The Balaban J connectivity index is 2.61. The van der Waals surface area contributed by atoms with Crippen molar-refractivity contribution < 1.29 is 19.4 Å². The molecule has 0 atom stereocenters. The average Bonchev–Trinajstić information content (AvgIpc) is 2.88. The molecule has 19 heavy (non-hydrogen) atoms. The van der Waals surface area contributed by atoms with Crippen LogP contribution in [0.2, 0.25) is 0 Å². The lowest BCUT2D eigenvalue weighted by Crippen LogP contribution is -2.20. The van der Waals surface area contributed by atoms with Gasteiger partial charge in [-0.2, -0.15) is 4.99 Å². The molecule has 0 radical (unpaired) electrons. The third kappa shape index (κ3) is 2.29. The molecule has 2 rings (SSSR count). The quantitative estimate of drug-likeness (QED) is 0.669. The van der Waals surface area contributed by atoms with Gasteiger partial charge in [-0.15, -0.1) is 0 Å². The van der Waals surface area contributed by atoms with Gasteiger partial charge in [-0.3, -0.25) is 0 Å². The van der Waals surface area contributed by atoms with Crippen LogP contribution in [0, 0.1) is 0 Å². The highest BCUT2D eigenvalue weighted by Gasteiger charge is 2.38. The first kappa shape index (κ1) is 13.4. The van der Waals surface area contributed by atoms with Crippen LogP contribution in [0.3, 0.4) is 0 Å². The standard InChI is InChI=1S/C14H17NO4/c1-18-12-8-11(17)13(19-2)7-10(12)14(15-9-16)5-3-4-6-14/h7-8,17H,3-6H2,1-2H3. The fourth-order valence-corrected chi connectivity index (χ4v) is 2.73. The van der Waals surface area contributed by atoms with Gasteiger partial charge in [0.1, 0.15) is 11.3 Å². The van der Waals surface area contributed by atoms with Crippen LogP contribution >= 0.6 is 0 Å². The molecule has 0 aromatic heterocycles. The van der Waals surface area contributed by atoms with E-state index in [2.05, 4.69) is 4.99 Å². The first-order valence-electron chi connectivity index (χ1n) is 6.21. The fraction of sp³-hybridized carbons (Fsp3) is 0.500. The summed E-state index contributed by atoms with van der Waals surface area (Å²) in [5.74, 6) is 0.869. The molecule has 0 amide bonds. The van der Waals surface area contributed by atoms with Crippen molar-refractivity contribution in [2.45, 2.75) is 31.2 Å². The average molecular weight is 263 g/mol. The van der Waals surface area contributed by atoms with Gasteiger partial charge in [0.05, 0.1) is 14.2 Å². The normalized spacial score (nSPS) is 16.7. The molecule has 5 nitrogen and oxygen atoms in total. The van der Waals surface area contributed by atoms with Crippen molar-refractivity contribution in [3.63, 3.8) is 0 Å².